The van der Waals surface area contributed by atoms with Crippen LogP contribution in [-0.4, -0.2) is 11.1 Å². The molecule has 0 aliphatic carbocycles. The lowest BCUT2D eigenvalue weighted by atomic mass is 10.1. The summed E-state index contributed by atoms with van der Waals surface area (Å²) in [7, 11) is 0. The van der Waals surface area contributed by atoms with Crippen LogP contribution in [0.5, 0.6) is 5.75 Å². The fourth-order valence-corrected chi connectivity index (χ4v) is 2.29. The zero-order valence-corrected chi connectivity index (χ0v) is 11.1. The number of carboxylic acids is 1. The molecule has 94 valence electrons. The van der Waals surface area contributed by atoms with Crippen LogP contribution >= 0.6 is 11.3 Å². The van der Waals surface area contributed by atoms with E-state index in [1.807, 2.05) is 25.1 Å². The van der Waals surface area contributed by atoms with Crippen LogP contribution in [-0.2, 0) is 6.61 Å². The van der Waals surface area contributed by atoms with E-state index < -0.39 is 5.97 Å². The summed E-state index contributed by atoms with van der Waals surface area (Å²) in [5, 5.41) is 8.82. The molecule has 0 spiro atoms. The Hall–Kier alpha value is -1.81. The van der Waals surface area contributed by atoms with Crippen molar-refractivity contribution in [3.63, 3.8) is 0 Å². The first-order valence-electron chi connectivity index (χ1n) is 5.58. The fourth-order valence-electron chi connectivity index (χ4n) is 1.53. The van der Waals surface area contributed by atoms with Crippen LogP contribution in [0.25, 0.3) is 0 Å². The van der Waals surface area contributed by atoms with Crippen molar-refractivity contribution in [1.82, 2.24) is 0 Å². The SMILES string of the molecule is Cc1ccc(OCc2ccc(C(=O)O)s2)cc1C. The third-order valence-electron chi connectivity index (χ3n) is 2.73. The molecule has 0 unspecified atom stereocenters. The second-order valence-corrected chi connectivity index (χ2v) is 5.27. The summed E-state index contributed by atoms with van der Waals surface area (Å²) in [6.07, 6.45) is 0. The van der Waals surface area contributed by atoms with E-state index in [0.29, 0.717) is 11.5 Å². The predicted octanol–water partition coefficient (Wildman–Crippen LogP) is 3.64. The van der Waals surface area contributed by atoms with Crippen LogP contribution in [0.3, 0.4) is 0 Å². The largest absolute Gasteiger partial charge is 0.488 e. The molecule has 0 atom stereocenters. The number of aromatic carboxylic acids is 1. The predicted molar refractivity (Wildman–Crippen MR) is 71.5 cm³/mol. The molecule has 0 amide bonds. The lowest BCUT2D eigenvalue weighted by Crippen LogP contribution is -1.94. The van der Waals surface area contributed by atoms with Crippen molar-refractivity contribution in [3.05, 3.63) is 51.2 Å². The van der Waals surface area contributed by atoms with E-state index in [2.05, 4.69) is 6.92 Å². The smallest absolute Gasteiger partial charge is 0.345 e. The van der Waals surface area contributed by atoms with Gasteiger partial charge in [-0.05, 0) is 49.2 Å². The molecular weight excluding hydrogens is 248 g/mol. The van der Waals surface area contributed by atoms with Gasteiger partial charge < -0.3 is 9.84 Å². The average molecular weight is 262 g/mol. The summed E-state index contributed by atoms with van der Waals surface area (Å²) >= 11 is 1.24. The first-order chi connectivity index (χ1) is 8.56. The number of ether oxygens (including phenoxy) is 1. The highest BCUT2D eigenvalue weighted by Crippen LogP contribution is 2.21. The number of aryl methyl sites for hydroxylation is 2. The molecule has 18 heavy (non-hydrogen) atoms. The molecule has 4 heteroatoms. The van der Waals surface area contributed by atoms with Crippen LogP contribution < -0.4 is 4.74 Å². The Labute approximate surface area is 110 Å². The molecule has 0 aliphatic heterocycles. The van der Waals surface area contributed by atoms with Gasteiger partial charge >= 0.3 is 5.97 Å². The third kappa shape index (κ3) is 2.90. The van der Waals surface area contributed by atoms with Gasteiger partial charge in [-0.15, -0.1) is 11.3 Å². The lowest BCUT2D eigenvalue weighted by molar-refractivity contribution is 0.0702. The summed E-state index contributed by atoms with van der Waals surface area (Å²) < 4.78 is 5.64. The van der Waals surface area contributed by atoms with Gasteiger partial charge in [0.05, 0.1) is 0 Å². The summed E-state index contributed by atoms with van der Waals surface area (Å²) in [5.74, 6) is -0.0826. The van der Waals surface area contributed by atoms with Crippen molar-refractivity contribution in [3.8, 4) is 5.75 Å². The molecule has 1 aromatic carbocycles. The molecule has 0 aliphatic rings. The number of benzene rings is 1. The van der Waals surface area contributed by atoms with Crippen LogP contribution in [0.15, 0.2) is 30.3 Å². The van der Waals surface area contributed by atoms with E-state index >= 15 is 0 Å². The van der Waals surface area contributed by atoms with Crippen molar-refractivity contribution in [1.29, 1.82) is 0 Å². The quantitative estimate of drug-likeness (QED) is 0.915. The summed E-state index contributed by atoms with van der Waals surface area (Å²) in [6.45, 7) is 4.49. The number of hydrogen-bond donors (Lipinski definition) is 1. The van der Waals surface area contributed by atoms with E-state index in [-0.39, 0.29) is 0 Å². The van der Waals surface area contributed by atoms with Gasteiger partial charge in [0.15, 0.2) is 0 Å². The summed E-state index contributed by atoms with van der Waals surface area (Å²) in [6, 6.07) is 9.32. The maximum Gasteiger partial charge on any atom is 0.345 e. The van der Waals surface area contributed by atoms with Gasteiger partial charge in [0, 0.05) is 4.88 Å². The monoisotopic (exact) mass is 262 g/mol. The Bertz CT molecular complexity index is 572. The van der Waals surface area contributed by atoms with Crippen LogP contribution in [0.4, 0.5) is 0 Å². The Morgan fingerprint density at radius 1 is 1.22 bits per heavy atom. The lowest BCUT2D eigenvalue weighted by Gasteiger charge is -2.07. The van der Waals surface area contributed by atoms with Gasteiger partial charge in [-0.25, -0.2) is 4.79 Å². The first-order valence-corrected chi connectivity index (χ1v) is 6.40. The second kappa shape index (κ2) is 5.23. The maximum absolute atomic E-state index is 10.7. The molecule has 0 radical (unpaired) electrons. The maximum atomic E-state index is 10.7. The molecule has 1 heterocycles. The highest BCUT2D eigenvalue weighted by molar-refractivity contribution is 7.13. The zero-order valence-electron chi connectivity index (χ0n) is 10.3. The molecule has 3 nitrogen and oxygen atoms in total. The van der Waals surface area contributed by atoms with Gasteiger partial charge in [-0.3, -0.25) is 0 Å². The summed E-state index contributed by atoms with van der Waals surface area (Å²) in [5.41, 5.74) is 2.41. The normalized spacial score (nSPS) is 10.3. The van der Waals surface area contributed by atoms with Crippen LogP contribution in [0.1, 0.15) is 25.7 Å². The van der Waals surface area contributed by atoms with Crippen LogP contribution in [0, 0.1) is 13.8 Å². The molecule has 2 rings (SSSR count). The first kappa shape index (κ1) is 12.6. The van der Waals surface area contributed by atoms with E-state index in [9.17, 15) is 4.79 Å². The molecule has 1 N–H and O–H groups in total. The van der Waals surface area contributed by atoms with Gasteiger partial charge in [-0.1, -0.05) is 6.07 Å². The molecule has 1 aromatic heterocycles. The zero-order chi connectivity index (χ0) is 13.1. The third-order valence-corrected chi connectivity index (χ3v) is 3.78. The van der Waals surface area contributed by atoms with E-state index in [1.165, 1.54) is 22.5 Å². The molecular formula is C14H14O3S. The number of carbonyl (C=O) groups is 1. The van der Waals surface area contributed by atoms with Crippen molar-refractivity contribution >= 4 is 17.3 Å². The molecule has 0 bridgehead atoms. The Morgan fingerprint density at radius 2 is 2.00 bits per heavy atom. The number of thiophene rings is 1. The highest BCUT2D eigenvalue weighted by atomic mass is 32.1. The molecule has 0 saturated carbocycles. The van der Waals surface area contributed by atoms with Gasteiger partial charge in [0.1, 0.15) is 17.2 Å². The number of carboxylic acid groups (broad SMARTS) is 1. The molecule has 0 saturated heterocycles. The fraction of sp³-hybridized carbons (Fsp3) is 0.214. The van der Waals surface area contributed by atoms with E-state index in [1.54, 1.807) is 12.1 Å². The van der Waals surface area contributed by atoms with Crippen molar-refractivity contribution in [2.24, 2.45) is 0 Å². The van der Waals surface area contributed by atoms with Gasteiger partial charge in [0.2, 0.25) is 0 Å². The van der Waals surface area contributed by atoms with Crippen molar-refractivity contribution in [2.75, 3.05) is 0 Å². The topological polar surface area (TPSA) is 46.5 Å². The Morgan fingerprint density at radius 3 is 2.61 bits per heavy atom. The van der Waals surface area contributed by atoms with Crippen molar-refractivity contribution < 1.29 is 14.6 Å². The van der Waals surface area contributed by atoms with E-state index in [4.69, 9.17) is 9.84 Å². The minimum Gasteiger partial charge on any atom is -0.488 e. The number of hydrogen-bond acceptors (Lipinski definition) is 3. The average Bonchev–Trinajstić information content (AvgIpc) is 2.79. The van der Waals surface area contributed by atoms with Gasteiger partial charge in [0.25, 0.3) is 0 Å². The minimum atomic E-state index is -0.891. The Kier molecular flexibility index (Phi) is 3.67. The molecule has 0 fully saturated rings. The Balaban J connectivity index is 2.02. The van der Waals surface area contributed by atoms with E-state index in [0.717, 1.165) is 10.6 Å². The van der Waals surface area contributed by atoms with Crippen molar-refractivity contribution in [2.45, 2.75) is 20.5 Å². The number of rotatable bonds is 4. The highest BCUT2D eigenvalue weighted by Gasteiger charge is 2.07. The van der Waals surface area contributed by atoms with Gasteiger partial charge in [-0.2, -0.15) is 0 Å². The van der Waals surface area contributed by atoms with Crippen LogP contribution in [0.2, 0.25) is 0 Å². The molecule has 2 aromatic rings. The standard InChI is InChI=1S/C14H14O3S/c1-9-3-4-11(7-10(9)2)17-8-12-5-6-13(18-12)14(15)16/h3-7H,8H2,1-2H3,(H,15,16). The summed E-state index contributed by atoms with van der Waals surface area (Å²) in [4.78, 5) is 12.0. The second-order valence-electron chi connectivity index (χ2n) is 4.11. The minimum absolute atomic E-state index is 0.341.